The summed E-state index contributed by atoms with van der Waals surface area (Å²) >= 11 is 0. The Morgan fingerprint density at radius 2 is 2.00 bits per heavy atom. The highest BCUT2D eigenvalue weighted by molar-refractivity contribution is 6.08. The molecule has 1 aliphatic rings. The van der Waals surface area contributed by atoms with Gasteiger partial charge in [-0.3, -0.25) is 9.59 Å². The molecular formula is C19H24N2O4. The van der Waals surface area contributed by atoms with Gasteiger partial charge < -0.3 is 18.6 Å². The Morgan fingerprint density at radius 3 is 2.68 bits per heavy atom. The first kappa shape index (κ1) is 17.3. The van der Waals surface area contributed by atoms with Gasteiger partial charge in [0.15, 0.2) is 5.88 Å². The Bertz CT molecular complexity index is 816. The zero-order valence-corrected chi connectivity index (χ0v) is 15.2. The number of esters is 1. The van der Waals surface area contributed by atoms with Crippen molar-refractivity contribution in [1.29, 1.82) is 0 Å². The maximum absolute atomic E-state index is 13.1. The Labute approximate surface area is 147 Å². The first-order chi connectivity index (χ1) is 12.0. The normalized spacial score (nSPS) is 15.9. The number of fused-ring (bicyclic) bond motifs is 1. The summed E-state index contributed by atoms with van der Waals surface area (Å²) in [6.07, 6.45) is 0.673. The van der Waals surface area contributed by atoms with Crippen molar-refractivity contribution in [1.82, 2.24) is 9.13 Å². The van der Waals surface area contributed by atoms with Crippen LogP contribution in [-0.2, 0) is 23.1 Å². The van der Waals surface area contributed by atoms with Gasteiger partial charge in [0.05, 0.1) is 30.5 Å². The minimum atomic E-state index is -0.285. The maximum atomic E-state index is 13.1. The summed E-state index contributed by atoms with van der Waals surface area (Å²) in [4.78, 5) is 25.3. The third-order valence-electron chi connectivity index (χ3n) is 4.70. The van der Waals surface area contributed by atoms with Crippen molar-refractivity contribution in [2.75, 3.05) is 13.2 Å². The van der Waals surface area contributed by atoms with Crippen molar-refractivity contribution >= 4 is 11.8 Å². The zero-order chi connectivity index (χ0) is 18.1. The third kappa shape index (κ3) is 2.86. The zero-order valence-electron chi connectivity index (χ0n) is 15.2. The maximum Gasteiger partial charge on any atom is 0.315 e. The standard InChI is InChI=1S/C19H24N2O4/c1-5-24-16-8-7-14(20(16)4)18(22)17-12(3)11-15-13(9-10-21(15)17)19(23)25-6-2/h7-8,11,13H,5-6,9-10H2,1-4H3. The fourth-order valence-corrected chi connectivity index (χ4v) is 3.56. The lowest BCUT2D eigenvalue weighted by atomic mass is 10.0. The highest BCUT2D eigenvalue weighted by atomic mass is 16.5. The molecule has 0 saturated carbocycles. The fraction of sp³-hybridized carbons (Fsp3) is 0.474. The van der Waals surface area contributed by atoms with Crippen LogP contribution >= 0.6 is 0 Å². The summed E-state index contributed by atoms with van der Waals surface area (Å²) in [7, 11) is 1.82. The molecule has 0 bridgehead atoms. The summed E-state index contributed by atoms with van der Waals surface area (Å²) < 4.78 is 14.4. The number of ketones is 1. The number of ether oxygens (including phenoxy) is 2. The average Bonchev–Trinajstić information content (AvgIpc) is 3.21. The van der Waals surface area contributed by atoms with Crippen molar-refractivity contribution in [3.8, 4) is 5.88 Å². The van der Waals surface area contributed by atoms with Crippen molar-refractivity contribution in [3.05, 3.63) is 40.8 Å². The summed E-state index contributed by atoms with van der Waals surface area (Å²) in [5, 5.41) is 0. The van der Waals surface area contributed by atoms with E-state index in [2.05, 4.69) is 0 Å². The first-order valence-electron chi connectivity index (χ1n) is 8.69. The molecule has 0 aromatic carbocycles. The topological polar surface area (TPSA) is 62.5 Å². The molecule has 25 heavy (non-hydrogen) atoms. The van der Waals surface area contributed by atoms with Crippen molar-refractivity contribution in [2.24, 2.45) is 7.05 Å². The fourth-order valence-electron chi connectivity index (χ4n) is 3.56. The first-order valence-corrected chi connectivity index (χ1v) is 8.69. The van der Waals surface area contributed by atoms with Crippen LogP contribution < -0.4 is 4.74 Å². The highest BCUT2D eigenvalue weighted by Crippen LogP contribution is 2.34. The molecule has 6 heteroatoms. The van der Waals surface area contributed by atoms with Crippen LogP contribution in [0.15, 0.2) is 18.2 Å². The van der Waals surface area contributed by atoms with E-state index in [9.17, 15) is 9.59 Å². The van der Waals surface area contributed by atoms with Crippen LogP contribution in [0.25, 0.3) is 0 Å². The Hall–Kier alpha value is -2.50. The van der Waals surface area contributed by atoms with Gasteiger partial charge in [-0.2, -0.15) is 0 Å². The monoisotopic (exact) mass is 344 g/mol. The number of hydrogen-bond donors (Lipinski definition) is 0. The highest BCUT2D eigenvalue weighted by Gasteiger charge is 2.34. The van der Waals surface area contributed by atoms with E-state index >= 15 is 0 Å². The molecule has 2 aromatic heterocycles. The molecule has 0 amide bonds. The van der Waals surface area contributed by atoms with Gasteiger partial charge in [-0.05, 0) is 44.9 Å². The summed E-state index contributed by atoms with van der Waals surface area (Å²) in [5.41, 5.74) is 2.98. The van der Waals surface area contributed by atoms with Gasteiger partial charge in [-0.1, -0.05) is 0 Å². The van der Waals surface area contributed by atoms with E-state index in [1.165, 1.54) is 0 Å². The number of carbonyl (C=O) groups is 2. The molecular weight excluding hydrogens is 320 g/mol. The molecule has 0 aliphatic carbocycles. The van der Waals surface area contributed by atoms with E-state index in [1.807, 2.05) is 31.5 Å². The number of rotatable bonds is 6. The third-order valence-corrected chi connectivity index (χ3v) is 4.70. The number of aromatic nitrogens is 2. The van der Waals surface area contributed by atoms with Crippen molar-refractivity contribution in [2.45, 2.75) is 39.7 Å². The SMILES string of the molecule is CCOC(=O)C1CCn2c1cc(C)c2C(=O)c1ccc(OCC)n1C. The molecule has 2 aromatic rings. The molecule has 1 atom stereocenters. The lowest BCUT2D eigenvalue weighted by Crippen LogP contribution is -2.15. The van der Waals surface area contributed by atoms with E-state index in [-0.39, 0.29) is 17.7 Å². The molecule has 0 saturated heterocycles. The van der Waals surface area contributed by atoms with Crippen LogP contribution in [0.4, 0.5) is 0 Å². The molecule has 3 rings (SSSR count). The van der Waals surface area contributed by atoms with Crippen LogP contribution in [0.3, 0.4) is 0 Å². The number of aryl methyl sites for hydroxylation is 1. The van der Waals surface area contributed by atoms with Crippen LogP contribution in [-0.4, -0.2) is 34.1 Å². The van der Waals surface area contributed by atoms with Gasteiger partial charge in [0.1, 0.15) is 0 Å². The van der Waals surface area contributed by atoms with Crippen LogP contribution in [0.2, 0.25) is 0 Å². The second-order valence-corrected chi connectivity index (χ2v) is 6.22. The van der Waals surface area contributed by atoms with Crippen LogP contribution in [0, 0.1) is 6.92 Å². The minimum Gasteiger partial charge on any atom is -0.479 e. The molecule has 0 N–H and O–H groups in total. The second-order valence-electron chi connectivity index (χ2n) is 6.22. The number of hydrogen-bond acceptors (Lipinski definition) is 4. The Morgan fingerprint density at radius 1 is 1.24 bits per heavy atom. The predicted octanol–water partition coefficient (Wildman–Crippen LogP) is 2.82. The smallest absolute Gasteiger partial charge is 0.315 e. The van der Waals surface area contributed by atoms with Gasteiger partial charge in [0.25, 0.3) is 0 Å². The van der Waals surface area contributed by atoms with E-state index in [4.69, 9.17) is 9.47 Å². The Balaban J connectivity index is 1.96. The van der Waals surface area contributed by atoms with Gasteiger partial charge in [0.2, 0.25) is 5.78 Å². The number of carbonyl (C=O) groups excluding carboxylic acids is 2. The lowest BCUT2D eigenvalue weighted by molar-refractivity contribution is -0.144. The lowest BCUT2D eigenvalue weighted by Gasteiger charge is -2.10. The molecule has 0 fully saturated rings. The van der Waals surface area contributed by atoms with E-state index in [0.29, 0.717) is 43.4 Å². The molecule has 3 heterocycles. The van der Waals surface area contributed by atoms with Gasteiger partial charge >= 0.3 is 5.97 Å². The summed E-state index contributed by atoms with van der Waals surface area (Å²) in [6, 6.07) is 5.53. The molecule has 0 radical (unpaired) electrons. The quantitative estimate of drug-likeness (QED) is 0.597. The van der Waals surface area contributed by atoms with E-state index in [1.54, 1.807) is 23.6 Å². The second kappa shape index (κ2) is 6.78. The van der Waals surface area contributed by atoms with E-state index < -0.39 is 0 Å². The van der Waals surface area contributed by atoms with Gasteiger partial charge in [0, 0.05) is 25.4 Å². The largest absolute Gasteiger partial charge is 0.479 e. The predicted molar refractivity (Wildman–Crippen MR) is 93.2 cm³/mol. The average molecular weight is 344 g/mol. The molecule has 6 nitrogen and oxygen atoms in total. The number of nitrogens with zero attached hydrogens (tertiary/aromatic N) is 2. The summed E-state index contributed by atoms with van der Waals surface area (Å²) in [6.45, 7) is 7.19. The van der Waals surface area contributed by atoms with Crippen LogP contribution in [0.5, 0.6) is 5.88 Å². The summed E-state index contributed by atoms with van der Waals surface area (Å²) in [5.74, 6) is 0.116. The Kier molecular flexibility index (Phi) is 4.70. The molecule has 1 unspecified atom stereocenters. The molecule has 1 aliphatic heterocycles. The molecule has 134 valence electrons. The van der Waals surface area contributed by atoms with Crippen molar-refractivity contribution in [3.63, 3.8) is 0 Å². The minimum absolute atomic E-state index is 0.0540. The van der Waals surface area contributed by atoms with Gasteiger partial charge in [-0.15, -0.1) is 0 Å². The van der Waals surface area contributed by atoms with E-state index in [0.717, 1.165) is 11.3 Å². The molecule has 0 spiro atoms. The van der Waals surface area contributed by atoms with Crippen LogP contribution in [0.1, 0.15) is 53.6 Å². The van der Waals surface area contributed by atoms with Gasteiger partial charge in [-0.25, -0.2) is 0 Å². The van der Waals surface area contributed by atoms with Crippen molar-refractivity contribution < 1.29 is 19.1 Å².